The second kappa shape index (κ2) is 4.52. The summed E-state index contributed by atoms with van der Waals surface area (Å²) in [5, 5.41) is 4.35. The molecule has 2 aromatic rings. The number of benzene rings is 2. The van der Waals surface area contributed by atoms with Crippen molar-refractivity contribution in [3.8, 4) is 0 Å². The van der Waals surface area contributed by atoms with E-state index in [9.17, 15) is 0 Å². The fourth-order valence-electron chi connectivity index (χ4n) is 2.42. The molecule has 0 aliphatic carbocycles. The van der Waals surface area contributed by atoms with Crippen molar-refractivity contribution in [2.24, 2.45) is 0 Å². The van der Waals surface area contributed by atoms with Crippen molar-refractivity contribution in [3.63, 3.8) is 0 Å². The first kappa shape index (κ1) is 10.8. The monoisotopic (exact) mass is 243 g/mol. The molecule has 1 atom stereocenters. The highest BCUT2D eigenvalue weighted by atomic mass is 35.5. The molecule has 1 N–H and O–H groups in total. The van der Waals surface area contributed by atoms with E-state index >= 15 is 0 Å². The van der Waals surface area contributed by atoms with Gasteiger partial charge in [0, 0.05) is 17.6 Å². The highest BCUT2D eigenvalue weighted by molar-refractivity contribution is 6.30. The Morgan fingerprint density at radius 1 is 1.06 bits per heavy atom. The molecule has 1 aliphatic rings. The van der Waals surface area contributed by atoms with Crippen molar-refractivity contribution < 1.29 is 0 Å². The number of hydrogen-bond acceptors (Lipinski definition) is 1. The molecule has 1 heterocycles. The average molecular weight is 244 g/mol. The molecule has 0 saturated heterocycles. The minimum Gasteiger partial charge on any atom is -0.306 e. The zero-order chi connectivity index (χ0) is 11.7. The van der Waals surface area contributed by atoms with E-state index in [0.717, 1.165) is 18.0 Å². The van der Waals surface area contributed by atoms with E-state index in [4.69, 9.17) is 11.6 Å². The van der Waals surface area contributed by atoms with E-state index in [1.165, 1.54) is 16.7 Å². The van der Waals surface area contributed by atoms with Crippen molar-refractivity contribution in [2.75, 3.05) is 0 Å². The number of halogens is 1. The zero-order valence-corrected chi connectivity index (χ0v) is 10.2. The fourth-order valence-corrected chi connectivity index (χ4v) is 2.54. The molecule has 0 amide bonds. The minimum atomic E-state index is 0.437. The Hall–Kier alpha value is -1.31. The second-order valence-corrected chi connectivity index (χ2v) is 4.90. The Kier molecular flexibility index (Phi) is 2.87. The van der Waals surface area contributed by atoms with Gasteiger partial charge in [-0.05, 0) is 35.2 Å². The number of hydrogen-bond donors (Lipinski definition) is 1. The third-order valence-electron chi connectivity index (χ3n) is 3.32. The topological polar surface area (TPSA) is 12.0 Å². The van der Waals surface area contributed by atoms with Crippen LogP contribution in [0.5, 0.6) is 0 Å². The number of fused-ring (bicyclic) bond motifs is 1. The summed E-state index contributed by atoms with van der Waals surface area (Å²) in [5.74, 6) is 0. The van der Waals surface area contributed by atoms with Gasteiger partial charge < -0.3 is 5.32 Å². The van der Waals surface area contributed by atoms with Crippen molar-refractivity contribution in [1.82, 2.24) is 5.32 Å². The third-order valence-corrected chi connectivity index (χ3v) is 3.57. The first-order chi connectivity index (χ1) is 8.33. The summed E-state index contributed by atoms with van der Waals surface area (Å²) in [6.45, 7) is 0.981. The van der Waals surface area contributed by atoms with E-state index in [0.29, 0.717) is 6.04 Å². The van der Waals surface area contributed by atoms with E-state index in [2.05, 4.69) is 41.7 Å². The van der Waals surface area contributed by atoms with Gasteiger partial charge in [0.15, 0.2) is 0 Å². The molecule has 1 aliphatic heterocycles. The Bertz CT molecular complexity index is 519. The van der Waals surface area contributed by atoms with Crippen molar-refractivity contribution >= 4 is 11.6 Å². The summed E-state index contributed by atoms with van der Waals surface area (Å²) in [7, 11) is 0. The standard InChI is InChI=1S/C15H14ClN/c16-13-7-5-11(6-8-13)9-15-14-4-2-1-3-12(14)10-17-15/h1-8,15,17H,9-10H2. The second-order valence-electron chi connectivity index (χ2n) is 4.46. The third kappa shape index (κ3) is 2.21. The van der Waals surface area contributed by atoms with E-state index in [1.54, 1.807) is 0 Å². The normalized spacial score (nSPS) is 18.1. The molecule has 0 bridgehead atoms. The quantitative estimate of drug-likeness (QED) is 0.848. The molecule has 0 saturated carbocycles. The fraction of sp³-hybridized carbons (Fsp3) is 0.200. The van der Waals surface area contributed by atoms with Crippen LogP contribution in [0, 0.1) is 0 Å². The molecule has 17 heavy (non-hydrogen) atoms. The smallest absolute Gasteiger partial charge is 0.0406 e. The molecule has 0 aromatic heterocycles. The van der Waals surface area contributed by atoms with Crippen LogP contribution in [-0.2, 0) is 13.0 Å². The molecule has 0 radical (unpaired) electrons. The maximum atomic E-state index is 5.89. The lowest BCUT2D eigenvalue weighted by Gasteiger charge is -2.12. The molecular formula is C15H14ClN. The number of rotatable bonds is 2. The van der Waals surface area contributed by atoms with Crippen LogP contribution >= 0.6 is 11.6 Å². The van der Waals surface area contributed by atoms with Gasteiger partial charge in [-0.1, -0.05) is 48.0 Å². The summed E-state index contributed by atoms with van der Waals surface area (Å²) in [6, 6.07) is 17.2. The van der Waals surface area contributed by atoms with Crippen LogP contribution < -0.4 is 5.32 Å². The largest absolute Gasteiger partial charge is 0.306 e. The van der Waals surface area contributed by atoms with Crippen molar-refractivity contribution in [2.45, 2.75) is 19.0 Å². The molecule has 86 valence electrons. The van der Waals surface area contributed by atoms with Crippen LogP contribution in [0.2, 0.25) is 5.02 Å². The molecule has 0 fully saturated rings. The SMILES string of the molecule is Clc1ccc(CC2NCc3ccccc32)cc1. The van der Waals surface area contributed by atoms with Gasteiger partial charge >= 0.3 is 0 Å². The van der Waals surface area contributed by atoms with E-state index < -0.39 is 0 Å². The first-order valence-electron chi connectivity index (χ1n) is 5.88. The summed E-state index contributed by atoms with van der Waals surface area (Å²) in [5.41, 5.74) is 4.18. The first-order valence-corrected chi connectivity index (χ1v) is 6.26. The lowest BCUT2D eigenvalue weighted by molar-refractivity contribution is 0.581. The molecule has 3 rings (SSSR count). The molecule has 2 heteroatoms. The minimum absolute atomic E-state index is 0.437. The lowest BCUT2D eigenvalue weighted by Crippen LogP contribution is -2.14. The van der Waals surface area contributed by atoms with Gasteiger partial charge in [0.25, 0.3) is 0 Å². The Labute approximate surface area is 106 Å². The Morgan fingerprint density at radius 2 is 1.82 bits per heavy atom. The van der Waals surface area contributed by atoms with Crippen LogP contribution in [0.15, 0.2) is 48.5 Å². The predicted octanol–water partition coefficient (Wildman–Crippen LogP) is 3.73. The Morgan fingerprint density at radius 3 is 2.65 bits per heavy atom. The van der Waals surface area contributed by atoms with Gasteiger partial charge in [0.2, 0.25) is 0 Å². The van der Waals surface area contributed by atoms with Gasteiger partial charge in [0.1, 0.15) is 0 Å². The van der Waals surface area contributed by atoms with Crippen LogP contribution in [-0.4, -0.2) is 0 Å². The maximum Gasteiger partial charge on any atom is 0.0406 e. The molecule has 1 unspecified atom stereocenters. The van der Waals surface area contributed by atoms with Crippen LogP contribution in [0.25, 0.3) is 0 Å². The van der Waals surface area contributed by atoms with Crippen LogP contribution in [0.3, 0.4) is 0 Å². The van der Waals surface area contributed by atoms with Gasteiger partial charge in [-0.3, -0.25) is 0 Å². The highest BCUT2D eigenvalue weighted by Crippen LogP contribution is 2.28. The lowest BCUT2D eigenvalue weighted by atomic mass is 9.99. The van der Waals surface area contributed by atoms with Gasteiger partial charge in [0.05, 0.1) is 0 Å². The predicted molar refractivity (Wildman–Crippen MR) is 71.2 cm³/mol. The maximum absolute atomic E-state index is 5.89. The van der Waals surface area contributed by atoms with E-state index in [1.807, 2.05) is 12.1 Å². The number of nitrogens with one attached hydrogen (secondary N) is 1. The van der Waals surface area contributed by atoms with Gasteiger partial charge in [-0.25, -0.2) is 0 Å². The van der Waals surface area contributed by atoms with Crippen LogP contribution in [0.4, 0.5) is 0 Å². The average Bonchev–Trinajstić information content (AvgIpc) is 2.76. The zero-order valence-electron chi connectivity index (χ0n) is 9.49. The molecule has 2 aromatic carbocycles. The molecule has 1 nitrogen and oxygen atoms in total. The summed E-state index contributed by atoms with van der Waals surface area (Å²) in [4.78, 5) is 0. The van der Waals surface area contributed by atoms with Crippen molar-refractivity contribution in [3.05, 3.63) is 70.2 Å². The van der Waals surface area contributed by atoms with Gasteiger partial charge in [-0.15, -0.1) is 0 Å². The van der Waals surface area contributed by atoms with E-state index in [-0.39, 0.29) is 0 Å². The molecular weight excluding hydrogens is 230 g/mol. The molecule has 0 spiro atoms. The van der Waals surface area contributed by atoms with Crippen molar-refractivity contribution in [1.29, 1.82) is 0 Å². The summed E-state index contributed by atoms with van der Waals surface area (Å²) < 4.78 is 0. The highest BCUT2D eigenvalue weighted by Gasteiger charge is 2.20. The Balaban J connectivity index is 1.81. The summed E-state index contributed by atoms with van der Waals surface area (Å²) in [6.07, 6.45) is 1.02. The summed E-state index contributed by atoms with van der Waals surface area (Å²) >= 11 is 5.89. The van der Waals surface area contributed by atoms with Crippen LogP contribution in [0.1, 0.15) is 22.7 Å². The van der Waals surface area contributed by atoms with Gasteiger partial charge in [-0.2, -0.15) is 0 Å².